The first-order valence-electron chi connectivity index (χ1n) is 8.14. The number of halogens is 1. The van der Waals surface area contributed by atoms with E-state index in [1.54, 1.807) is 24.3 Å². The monoisotopic (exact) mass is 376 g/mol. The molecule has 0 aliphatic rings. The highest BCUT2D eigenvalue weighted by Gasteiger charge is 2.05. The van der Waals surface area contributed by atoms with Gasteiger partial charge in [-0.3, -0.25) is 9.59 Å². The SMILES string of the molecule is Cc1ccc(OCC(=O)NCCNC(=O)COc2ccc(Cl)cc2)cc1. The fraction of sp³-hybridized carbons (Fsp3) is 0.263. The molecule has 2 N–H and O–H groups in total. The molecule has 2 amide bonds. The first-order chi connectivity index (χ1) is 12.5. The highest BCUT2D eigenvalue weighted by Crippen LogP contribution is 2.15. The van der Waals surface area contributed by atoms with E-state index in [9.17, 15) is 9.59 Å². The Kier molecular flexibility index (Phi) is 7.76. The van der Waals surface area contributed by atoms with Gasteiger partial charge in [0.05, 0.1) is 0 Å². The number of carbonyl (C=O) groups excluding carboxylic acids is 2. The van der Waals surface area contributed by atoms with Crippen LogP contribution >= 0.6 is 11.6 Å². The van der Waals surface area contributed by atoms with Gasteiger partial charge in [-0.25, -0.2) is 0 Å². The lowest BCUT2D eigenvalue weighted by Crippen LogP contribution is -2.38. The molecule has 2 aromatic rings. The van der Waals surface area contributed by atoms with Gasteiger partial charge in [0, 0.05) is 18.1 Å². The number of ether oxygens (including phenoxy) is 2. The minimum absolute atomic E-state index is 0.0727. The van der Waals surface area contributed by atoms with Gasteiger partial charge in [-0.2, -0.15) is 0 Å². The van der Waals surface area contributed by atoms with E-state index >= 15 is 0 Å². The second-order valence-electron chi connectivity index (χ2n) is 5.54. The maximum atomic E-state index is 11.7. The summed E-state index contributed by atoms with van der Waals surface area (Å²) in [6, 6.07) is 14.2. The summed E-state index contributed by atoms with van der Waals surface area (Å²) in [5.74, 6) is 0.673. The van der Waals surface area contributed by atoms with Gasteiger partial charge in [0.2, 0.25) is 0 Å². The number of aryl methyl sites for hydroxylation is 1. The number of amides is 2. The maximum absolute atomic E-state index is 11.7. The highest BCUT2D eigenvalue weighted by molar-refractivity contribution is 6.30. The van der Waals surface area contributed by atoms with Gasteiger partial charge >= 0.3 is 0 Å². The summed E-state index contributed by atoms with van der Waals surface area (Å²) < 4.78 is 10.7. The molecular weight excluding hydrogens is 356 g/mol. The number of rotatable bonds is 9. The average Bonchev–Trinajstić information content (AvgIpc) is 2.64. The molecule has 0 radical (unpaired) electrons. The summed E-state index contributed by atoms with van der Waals surface area (Å²) >= 11 is 5.77. The summed E-state index contributed by atoms with van der Waals surface area (Å²) in [5.41, 5.74) is 1.12. The van der Waals surface area contributed by atoms with E-state index in [0.717, 1.165) is 5.56 Å². The number of hydrogen-bond donors (Lipinski definition) is 2. The lowest BCUT2D eigenvalue weighted by atomic mass is 10.2. The van der Waals surface area contributed by atoms with Crippen LogP contribution < -0.4 is 20.1 Å². The van der Waals surface area contributed by atoms with E-state index in [4.69, 9.17) is 21.1 Å². The fourth-order valence-electron chi connectivity index (χ4n) is 1.97. The lowest BCUT2D eigenvalue weighted by Gasteiger charge is -2.09. The second-order valence-corrected chi connectivity index (χ2v) is 5.98. The predicted molar refractivity (Wildman–Crippen MR) is 99.6 cm³/mol. The Morgan fingerprint density at radius 2 is 1.23 bits per heavy atom. The summed E-state index contributed by atoms with van der Waals surface area (Å²) in [6.07, 6.45) is 0. The first-order valence-corrected chi connectivity index (χ1v) is 8.52. The quantitative estimate of drug-likeness (QED) is 0.658. The van der Waals surface area contributed by atoms with Crippen LogP contribution in [0.4, 0.5) is 0 Å². The van der Waals surface area contributed by atoms with Crippen LogP contribution in [-0.2, 0) is 9.59 Å². The molecule has 0 atom stereocenters. The minimum Gasteiger partial charge on any atom is -0.484 e. The molecule has 0 unspecified atom stereocenters. The van der Waals surface area contributed by atoms with Crippen LogP contribution in [0.2, 0.25) is 5.02 Å². The van der Waals surface area contributed by atoms with Gasteiger partial charge in [-0.05, 0) is 43.3 Å². The molecule has 0 saturated heterocycles. The lowest BCUT2D eigenvalue weighted by molar-refractivity contribution is -0.124. The zero-order chi connectivity index (χ0) is 18.8. The molecule has 26 heavy (non-hydrogen) atoms. The van der Waals surface area contributed by atoms with Gasteiger partial charge in [-0.1, -0.05) is 29.3 Å². The third-order valence-electron chi connectivity index (χ3n) is 3.34. The van der Waals surface area contributed by atoms with Crippen LogP contribution in [-0.4, -0.2) is 38.1 Å². The van der Waals surface area contributed by atoms with Crippen LogP contribution in [0.3, 0.4) is 0 Å². The number of nitrogens with one attached hydrogen (secondary N) is 2. The van der Waals surface area contributed by atoms with Crippen molar-refractivity contribution in [1.29, 1.82) is 0 Å². The normalized spacial score (nSPS) is 10.1. The molecule has 0 bridgehead atoms. The van der Waals surface area contributed by atoms with Crippen LogP contribution in [0.25, 0.3) is 0 Å². The molecule has 2 aromatic carbocycles. The topological polar surface area (TPSA) is 76.7 Å². The molecule has 7 heteroatoms. The smallest absolute Gasteiger partial charge is 0.258 e. The molecule has 0 saturated carbocycles. The van der Waals surface area contributed by atoms with Crippen LogP contribution in [0, 0.1) is 6.92 Å². The van der Waals surface area contributed by atoms with Crippen molar-refractivity contribution >= 4 is 23.4 Å². The third kappa shape index (κ3) is 7.44. The minimum atomic E-state index is -0.273. The third-order valence-corrected chi connectivity index (χ3v) is 3.60. The van der Waals surface area contributed by atoms with E-state index in [2.05, 4.69) is 10.6 Å². The van der Waals surface area contributed by atoms with Crippen molar-refractivity contribution in [3.05, 3.63) is 59.1 Å². The number of benzene rings is 2. The van der Waals surface area contributed by atoms with E-state index < -0.39 is 0 Å². The standard InChI is InChI=1S/C19H21ClN2O4/c1-14-2-6-16(7-3-14)25-12-18(23)21-10-11-22-19(24)13-26-17-8-4-15(20)5-9-17/h2-9H,10-13H2,1H3,(H,21,23)(H,22,24). The Hall–Kier alpha value is -2.73. The molecular formula is C19H21ClN2O4. The van der Waals surface area contributed by atoms with Crippen molar-refractivity contribution in [3.63, 3.8) is 0 Å². The Bertz CT molecular complexity index is 654. The van der Waals surface area contributed by atoms with Gasteiger partial charge in [0.1, 0.15) is 11.5 Å². The molecule has 0 aromatic heterocycles. The molecule has 0 heterocycles. The number of hydrogen-bond acceptors (Lipinski definition) is 4. The largest absolute Gasteiger partial charge is 0.484 e. The maximum Gasteiger partial charge on any atom is 0.258 e. The van der Waals surface area contributed by atoms with Crippen molar-refractivity contribution in [2.24, 2.45) is 0 Å². The molecule has 6 nitrogen and oxygen atoms in total. The molecule has 2 rings (SSSR count). The molecule has 138 valence electrons. The summed E-state index contributed by atoms with van der Waals surface area (Å²) in [6.45, 7) is 2.41. The predicted octanol–water partition coefficient (Wildman–Crippen LogP) is 2.34. The van der Waals surface area contributed by atoms with E-state index in [1.807, 2.05) is 31.2 Å². The first kappa shape index (κ1) is 19.6. The fourth-order valence-corrected chi connectivity index (χ4v) is 2.09. The molecule has 0 spiro atoms. The zero-order valence-corrected chi connectivity index (χ0v) is 15.2. The second kappa shape index (κ2) is 10.3. The van der Waals surface area contributed by atoms with E-state index in [0.29, 0.717) is 29.6 Å². The van der Waals surface area contributed by atoms with E-state index in [-0.39, 0.29) is 25.0 Å². The Morgan fingerprint density at radius 1 is 0.808 bits per heavy atom. The molecule has 0 aliphatic carbocycles. The molecule has 0 fully saturated rings. The van der Waals surface area contributed by atoms with Gasteiger partial charge in [-0.15, -0.1) is 0 Å². The Labute approximate surface area is 157 Å². The summed E-state index contributed by atoms with van der Waals surface area (Å²) in [7, 11) is 0. The Balaban J connectivity index is 1.54. The number of carbonyl (C=O) groups is 2. The average molecular weight is 377 g/mol. The van der Waals surface area contributed by atoms with Crippen molar-refractivity contribution in [2.45, 2.75) is 6.92 Å². The van der Waals surface area contributed by atoms with Gasteiger partial charge < -0.3 is 20.1 Å². The van der Waals surface area contributed by atoms with Gasteiger partial charge in [0.25, 0.3) is 11.8 Å². The van der Waals surface area contributed by atoms with Crippen molar-refractivity contribution in [2.75, 3.05) is 26.3 Å². The van der Waals surface area contributed by atoms with Gasteiger partial charge in [0.15, 0.2) is 13.2 Å². The summed E-state index contributed by atoms with van der Waals surface area (Å²) in [5, 5.41) is 5.92. The van der Waals surface area contributed by atoms with Crippen molar-refractivity contribution < 1.29 is 19.1 Å². The van der Waals surface area contributed by atoms with Crippen molar-refractivity contribution in [3.8, 4) is 11.5 Å². The van der Waals surface area contributed by atoms with Crippen LogP contribution in [0.1, 0.15) is 5.56 Å². The summed E-state index contributed by atoms with van der Waals surface area (Å²) in [4.78, 5) is 23.3. The van der Waals surface area contributed by atoms with Crippen molar-refractivity contribution in [1.82, 2.24) is 10.6 Å². The van der Waals surface area contributed by atoms with E-state index in [1.165, 1.54) is 0 Å². The van der Waals surface area contributed by atoms with Crippen LogP contribution in [0.5, 0.6) is 11.5 Å². The Morgan fingerprint density at radius 3 is 1.69 bits per heavy atom. The molecule has 0 aliphatic heterocycles. The zero-order valence-electron chi connectivity index (χ0n) is 14.5. The van der Waals surface area contributed by atoms with Crippen LogP contribution in [0.15, 0.2) is 48.5 Å². The highest BCUT2D eigenvalue weighted by atomic mass is 35.5.